The Balaban J connectivity index is 0.00000288. The minimum absolute atomic E-state index is 0. The molecular weight excluding hydrogens is 421 g/mol. The van der Waals surface area contributed by atoms with Crippen LogP contribution in [0.1, 0.15) is 24.8 Å². The van der Waals surface area contributed by atoms with Gasteiger partial charge in [-0.3, -0.25) is 4.99 Å². The van der Waals surface area contributed by atoms with Crippen molar-refractivity contribution in [2.24, 2.45) is 10.9 Å². The molecule has 0 unspecified atom stereocenters. The highest BCUT2D eigenvalue weighted by molar-refractivity contribution is 14.0. The third-order valence-corrected chi connectivity index (χ3v) is 3.95. The van der Waals surface area contributed by atoms with E-state index >= 15 is 0 Å². The van der Waals surface area contributed by atoms with Crippen molar-refractivity contribution in [2.75, 3.05) is 34.9 Å². The predicted octanol–water partition coefficient (Wildman–Crippen LogP) is 2.80. The first-order valence-electron chi connectivity index (χ1n) is 7.95. The normalized spacial score (nSPS) is 13.8. The summed E-state index contributed by atoms with van der Waals surface area (Å²) < 4.78 is 16.1. The SMILES string of the molecule is CN=C(NCCC1CC1)NCc1cc(OC)c(OC)c(OC)c1.I. The summed E-state index contributed by atoms with van der Waals surface area (Å²) in [5.74, 6) is 3.63. The molecule has 0 spiro atoms. The molecule has 1 fully saturated rings. The van der Waals surface area contributed by atoms with Gasteiger partial charge in [-0.25, -0.2) is 0 Å². The zero-order valence-corrected chi connectivity index (χ0v) is 17.2. The van der Waals surface area contributed by atoms with Crippen LogP contribution in [0.2, 0.25) is 0 Å². The van der Waals surface area contributed by atoms with E-state index in [4.69, 9.17) is 14.2 Å². The number of ether oxygens (including phenoxy) is 3. The third kappa shape index (κ3) is 5.92. The van der Waals surface area contributed by atoms with Crippen molar-refractivity contribution < 1.29 is 14.2 Å². The molecule has 1 aromatic rings. The molecule has 1 aliphatic carbocycles. The summed E-state index contributed by atoms with van der Waals surface area (Å²) in [6, 6.07) is 3.87. The van der Waals surface area contributed by atoms with Gasteiger partial charge in [0.2, 0.25) is 5.75 Å². The molecular formula is C17H28IN3O3. The first-order chi connectivity index (χ1) is 11.2. The van der Waals surface area contributed by atoms with Crippen LogP contribution in [-0.2, 0) is 6.54 Å². The van der Waals surface area contributed by atoms with Gasteiger partial charge in [0, 0.05) is 20.1 Å². The van der Waals surface area contributed by atoms with Gasteiger partial charge >= 0.3 is 0 Å². The molecule has 0 heterocycles. The summed E-state index contributed by atoms with van der Waals surface area (Å²) in [4.78, 5) is 4.25. The fourth-order valence-electron chi connectivity index (χ4n) is 2.45. The number of nitrogens with one attached hydrogen (secondary N) is 2. The number of benzene rings is 1. The van der Waals surface area contributed by atoms with Crippen LogP contribution in [0.4, 0.5) is 0 Å². The molecule has 1 aromatic carbocycles. The number of methoxy groups -OCH3 is 3. The summed E-state index contributed by atoms with van der Waals surface area (Å²) in [5, 5.41) is 6.65. The van der Waals surface area contributed by atoms with Gasteiger partial charge in [0.1, 0.15) is 0 Å². The van der Waals surface area contributed by atoms with Crippen molar-refractivity contribution in [3.8, 4) is 17.2 Å². The molecule has 0 radical (unpaired) electrons. The van der Waals surface area contributed by atoms with Crippen molar-refractivity contribution in [2.45, 2.75) is 25.8 Å². The summed E-state index contributed by atoms with van der Waals surface area (Å²) >= 11 is 0. The van der Waals surface area contributed by atoms with Crippen LogP contribution in [0.5, 0.6) is 17.2 Å². The molecule has 0 aromatic heterocycles. The van der Waals surface area contributed by atoms with Gasteiger partial charge in [-0.15, -0.1) is 24.0 Å². The molecule has 2 rings (SSSR count). The highest BCUT2D eigenvalue weighted by atomic mass is 127. The van der Waals surface area contributed by atoms with Crippen molar-refractivity contribution in [3.05, 3.63) is 17.7 Å². The van der Waals surface area contributed by atoms with Crippen LogP contribution in [-0.4, -0.2) is 40.9 Å². The Hall–Kier alpha value is -1.38. The zero-order valence-electron chi connectivity index (χ0n) is 14.8. The van der Waals surface area contributed by atoms with Gasteiger partial charge in [-0.05, 0) is 30.0 Å². The van der Waals surface area contributed by atoms with Crippen LogP contribution in [0.25, 0.3) is 0 Å². The monoisotopic (exact) mass is 449 g/mol. The Kier molecular flexibility index (Phi) is 9.02. The maximum atomic E-state index is 5.37. The number of hydrogen-bond acceptors (Lipinski definition) is 4. The van der Waals surface area contributed by atoms with Gasteiger partial charge < -0.3 is 24.8 Å². The van der Waals surface area contributed by atoms with E-state index < -0.39 is 0 Å². The van der Waals surface area contributed by atoms with E-state index in [-0.39, 0.29) is 24.0 Å². The Morgan fingerprint density at radius 2 is 1.71 bits per heavy atom. The first kappa shape index (κ1) is 20.7. The Morgan fingerprint density at radius 1 is 1.08 bits per heavy atom. The van der Waals surface area contributed by atoms with Gasteiger partial charge in [0.25, 0.3) is 0 Å². The van der Waals surface area contributed by atoms with E-state index in [9.17, 15) is 0 Å². The number of hydrogen-bond donors (Lipinski definition) is 2. The lowest BCUT2D eigenvalue weighted by atomic mass is 10.2. The highest BCUT2D eigenvalue weighted by Gasteiger charge is 2.20. The van der Waals surface area contributed by atoms with E-state index in [1.54, 1.807) is 28.4 Å². The summed E-state index contributed by atoms with van der Waals surface area (Å²) in [6.07, 6.45) is 3.96. The quantitative estimate of drug-likeness (QED) is 0.363. The summed E-state index contributed by atoms with van der Waals surface area (Å²) in [5.41, 5.74) is 1.03. The summed E-state index contributed by atoms with van der Waals surface area (Å²) in [6.45, 7) is 1.58. The molecule has 0 amide bonds. The molecule has 0 saturated heterocycles. The zero-order chi connectivity index (χ0) is 16.7. The fraction of sp³-hybridized carbons (Fsp3) is 0.588. The Labute approximate surface area is 161 Å². The van der Waals surface area contributed by atoms with Crippen LogP contribution < -0.4 is 24.8 Å². The van der Waals surface area contributed by atoms with Crippen LogP contribution in [0, 0.1) is 5.92 Å². The lowest BCUT2D eigenvalue weighted by molar-refractivity contribution is 0.323. The second-order valence-corrected chi connectivity index (χ2v) is 5.62. The standard InChI is InChI=1S/C17H27N3O3.HI/c1-18-17(19-8-7-12-5-6-12)20-11-13-9-14(21-2)16(23-4)15(10-13)22-3;/h9-10,12H,5-8,11H2,1-4H3,(H2,18,19,20);1H. The Morgan fingerprint density at radius 3 is 2.17 bits per heavy atom. The van der Waals surface area contributed by atoms with Crippen molar-refractivity contribution >= 4 is 29.9 Å². The van der Waals surface area contributed by atoms with Crippen LogP contribution in [0.15, 0.2) is 17.1 Å². The molecule has 6 nitrogen and oxygen atoms in total. The van der Waals surface area contributed by atoms with Crippen molar-refractivity contribution in [1.82, 2.24) is 10.6 Å². The molecule has 0 aliphatic heterocycles. The fourth-order valence-corrected chi connectivity index (χ4v) is 2.45. The lowest BCUT2D eigenvalue weighted by Gasteiger charge is -2.16. The van der Waals surface area contributed by atoms with Crippen molar-refractivity contribution in [3.63, 3.8) is 0 Å². The molecule has 1 aliphatic rings. The van der Waals surface area contributed by atoms with Gasteiger partial charge in [-0.1, -0.05) is 12.8 Å². The molecule has 24 heavy (non-hydrogen) atoms. The minimum Gasteiger partial charge on any atom is -0.493 e. The number of halogens is 1. The maximum absolute atomic E-state index is 5.37. The highest BCUT2D eigenvalue weighted by Crippen LogP contribution is 2.38. The Bertz CT molecular complexity index is 523. The molecule has 0 bridgehead atoms. The van der Waals surface area contributed by atoms with E-state index in [0.29, 0.717) is 23.8 Å². The van der Waals surface area contributed by atoms with E-state index in [1.807, 2.05) is 12.1 Å². The van der Waals surface area contributed by atoms with E-state index in [2.05, 4.69) is 15.6 Å². The topological polar surface area (TPSA) is 64.1 Å². The number of aliphatic imine (C=N–C) groups is 1. The average molecular weight is 449 g/mol. The van der Waals surface area contributed by atoms with Crippen LogP contribution in [0.3, 0.4) is 0 Å². The second kappa shape index (κ2) is 10.5. The van der Waals surface area contributed by atoms with Crippen molar-refractivity contribution in [1.29, 1.82) is 0 Å². The smallest absolute Gasteiger partial charge is 0.203 e. The first-order valence-corrected chi connectivity index (χ1v) is 7.95. The largest absolute Gasteiger partial charge is 0.493 e. The number of nitrogens with zero attached hydrogens (tertiary/aromatic N) is 1. The van der Waals surface area contributed by atoms with Gasteiger partial charge in [0.05, 0.1) is 21.3 Å². The van der Waals surface area contributed by atoms with Gasteiger partial charge in [0.15, 0.2) is 17.5 Å². The third-order valence-electron chi connectivity index (χ3n) is 3.95. The van der Waals surface area contributed by atoms with E-state index in [1.165, 1.54) is 19.3 Å². The van der Waals surface area contributed by atoms with Crippen LogP contribution >= 0.6 is 24.0 Å². The van der Waals surface area contributed by atoms with E-state index in [0.717, 1.165) is 24.0 Å². The second-order valence-electron chi connectivity index (χ2n) is 5.62. The maximum Gasteiger partial charge on any atom is 0.203 e. The number of rotatable bonds is 8. The summed E-state index contributed by atoms with van der Waals surface area (Å²) in [7, 11) is 6.62. The average Bonchev–Trinajstić information content (AvgIpc) is 3.40. The molecule has 136 valence electrons. The molecule has 7 heteroatoms. The minimum atomic E-state index is 0. The molecule has 2 N–H and O–H groups in total. The number of guanidine groups is 1. The lowest BCUT2D eigenvalue weighted by Crippen LogP contribution is -2.37. The predicted molar refractivity (Wildman–Crippen MR) is 107 cm³/mol. The molecule has 1 saturated carbocycles. The molecule has 0 atom stereocenters. The van der Waals surface area contributed by atoms with Gasteiger partial charge in [-0.2, -0.15) is 0 Å².